The molecule has 1 atom stereocenters. The van der Waals surface area contributed by atoms with E-state index in [1.165, 1.54) is 5.69 Å². The van der Waals surface area contributed by atoms with Crippen molar-refractivity contribution in [2.45, 2.75) is 33.1 Å². The molecule has 1 saturated heterocycles. The summed E-state index contributed by atoms with van der Waals surface area (Å²) in [5, 5.41) is 3.36. The second-order valence-corrected chi connectivity index (χ2v) is 4.74. The maximum absolute atomic E-state index is 4.56. The molecule has 17 heavy (non-hydrogen) atoms. The highest BCUT2D eigenvalue weighted by Crippen LogP contribution is 2.21. The number of nitrogens with zero attached hydrogens (tertiary/aromatic N) is 3. The molecule has 0 radical (unpaired) electrons. The van der Waals surface area contributed by atoms with E-state index in [-0.39, 0.29) is 0 Å². The lowest BCUT2D eigenvalue weighted by molar-refractivity contribution is 0.582. The number of rotatable bonds is 3. The predicted octanol–water partition coefficient (Wildman–Crippen LogP) is 1.71. The first kappa shape index (κ1) is 12.3. The van der Waals surface area contributed by atoms with Crippen molar-refractivity contribution in [3.63, 3.8) is 0 Å². The minimum atomic E-state index is 0.512. The van der Waals surface area contributed by atoms with Crippen molar-refractivity contribution in [1.29, 1.82) is 0 Å². The largest absolute Gasteiger partial charge is 0.354 e. The first-order valence-corrected chi connectivity index (χ1v) is 6.52. The van der Waals surface area contributed by atoms with E-state index < -0.39 is 0 Å². The number of anilines is 1. The first-order chi connectivity index (χ1) is 8.20. The van der Waals surface area contributed by atoms with E-state index in [2.05, 4.69) is 40.1 Å². The van der Waals surface area contributed by atoms with Gasteiger partial charge in [-0.1, -0.05) is 13.8 Å². The van der Waals surface area contributed by atoms with Crippen LogP contribution in [0.15, 0.2) is 6.07 Å². The molecule has 2 rings (SSSR count). The minimum absolute atomic E-state index is 0.512. The van der Waals surface area contributed by atoms with Crippen molar-refractivity contribution in [2.75, 3.05) is 31.1 Å². The molecule has 1 fully saturated rings. The van der Waals surface area contributed by atoms with E-state index in [4.69, 9.17) is 0 Å². The van der Waals surface area contributed by atoms with Crippen molar-refractivity contribution in [3.05, 3.63) is 17.6 Å². The van der Waals surface area contributed by atoms with Crippen LogP contribution in [0.25, 0.3) is 0 Å². The van der Waals surface area contributed by atoms with E-state index in [1.54, 1.807) is 0 Å². The predicted molar refractivity (Wildman–Crippen MR) is 70.6 cm³/mol. The van der Waals surface area contributed by atoms with Crippen LogP contribution >= 0.6 is 0 Å². The fourth-order valence-corrected chi connectivity index (χ4v) is 2.09. The second kappa shape index (κ2) is 5.45. The zero-order valence-electron chi connectivity index (χ0n) is 11.0. The fourth-order valence-electron chi connectivity index (χ4n) is 2.09. The summed E-state index contributed by atoms with van der Waals surface area (Å²) in [4.78, 5) is 11.5. The van der Waals surface area contributed by atoms with Gasteiger partial charge < -0.3 is 10.2 Å². The maximum atomic E-state index is 4.56. The quantitative estimate of drug-likeness (QED) is 0.864. The summed E-state index contributed by atoms with van der Waals surface area (Å²) in [5.74, 6) is 2.49. The van der Waals surface area contributed by atoms with E-state index in [0.29, 0.717) is 5.92 Å². The smallest absolute Gasteiger partial charge is 0.132 e. The van der Waals surface area contributed by atoms with Gasteiger partial charge in [0.15, 0.2) is 0 Å². The van der Waals surface area contributed by atoms with Gasteiger partial charge in [0.1, 0.15) is 11.6 Å². The topological polar surface area (TPSA) is 41.0 Å². The van der Waals surface area contributed by atoms with E-state index in [1.807, 2.05) is 6.92 Å². The van der Waals surface area contributed by atoms with Crippen molar-refractivity contribution >= 4 is 5.82 Å². The summed E-state index contributed by atoms with van der Waals surface area (Å²) in [7, 11) is 0. The molecule has 2 heterocycles. The zero-order chi connectivity index (χ0) is 12.3. The van der Waals surface area contributed by atoms with Crippen LogP contribution in [0.5, 0.6) is 0 Å². The highest BCUT2D eigenvalue weighted by molar-refractivity contribution is 5.41. The zero-order valence-corrected chi connectivity index (χ0v) is 11.0. The molecule has 0 aromatic carbocycles. The molecule has 1 aliphatic rings. The summed E-state index contributed by atoms with van der Waals surface area (Å²) in [6, 6.07) is 2.16. The Morgan fingerprint density at radius 2 is 2.06 bits per heavy atom. The standard InChI is InChI=1S/C13H22N4/c1-4-10(2)12-9-13(16-11(3)15-12)17-7-5-14-6-8-17/h9-10,14H,4-8H2,1-3H3/t10-/m0/s1. The molecule has 1 aliphatic heterocycles. The molecule has 0 saturated carbocycles. The van der Waals surface area contributed by atoms with Gasteiger partial charge in [-0.3, -0.25) is 0 Å². The lowest BCUT2D eigenvalue weighted by Crippen LogP contribution is -2.44. The average Bonchev–Trinajstić information content (AvgIpc) is 2.38. The summed E-state index contributed by atoms with van der Waals surface area (Å²) >= 11 is 0. The number of hydrogen-bond acceptors (Lipinski definition) is 4. The second-order valence-electron chi connectivity index (χ2n) is 4.74. The number of piperazine rings is 1. The van der Waals surface area contributed by atoms with Crippen molar-refractivity contribution in [3.8, 4) is 0 Å². The SMILES string of the molecule is CC[C@H](C)c1cc(N2CCNCC2)nc(C)n1. The maximum Gasteiger partial charge on any atom is 0.132 e. The Bertz CT molecular complexity index is 372. The molecule has 0 unspecified atom stereocenters. The molecule has 4 heteroatoms. The number of aromatic nitrogens is 2. The Morgan fingerprint density at radius 3 is 2.71 bits per heavy atom. The van der Waals surface area contributed by atoms with Gasteiger partial charge in [-0.05, 0) is 19.3 Å². The molecule has 94 valence electrons. The lowest BCUT2D eigenvalue weighted by Gasteiger charge is -2.29. The molecule has 1 aromatic rings. The third-order valence-corrected chi connectivity index (χ3v) is 3.40. The number of aryl methyl sites for hydroxylation is 1. The molecule has 0 amide bonds. The number of nitrogens with one attached hydrogen (secondary N) is 1. The van der Waals surface area contributed by atoms with Gasteiger partial charge in [0, 0.05) is 37.9 Å². The Balaban J connectivity index is 2.24. The molecule has 0 aliphatic carbocycles. The molecule has 0 bridgehead atoms. The van der Waals surface area contributed by atoms with Crippen molar-refractivity contribution in [1.82, 2.24) is 15.3 Å². The Kier molecular flexibility index (Phi) is 3.94. The van der Waals surface area contributed by atoms with Gasteiger partial charge in [-0.25, -0.2) is 9.97 Å². The first-order valence-electron chi connectivity index (χ1n) is 6.52. The molecule has 1 aromatic heterocycles. The monoisotopic (exact) mass is 234 g/mol. The Morgan fingerprint density at radius 1 is 1.35 bits per heavy atom. The summed E-state index contributed by atoms with van der Waals surface area (Å²) < 4.78 is 0. The van der Waals surface area contributed by atoms with Crippen LogP contribution in [0.2, 0.25) is 0 Å². The third kappa shape index (κ3) is 2.94. The van der Waals surface area contributed by atoms with Gasteiger partial charge in [-0.2, -0.15) is 0 Å². The van der Waals surface area contributed by atoms with E-state index in [9.17, 15) is 0 Å². The highest BCUT2D eigenvalue weighted by Gasteiger charge is 2.15. The van der Waals surface area contributed by atoms with Gasteiger partial charge in [0.05, 0.1) is 0 Å². The van der Waals surface area contributed by atoms with Gasteiger partial charge in [0.2, 0.25) is 0 Å². The fraction of sp³-hybridized carbons (Fsp3) is 0.692. The summed E-state index contributed by atoms with van der Waals surface area (Å²) in [6.07, 6.45) is 1.12. The Labute approximate surface area is 103 Å². The van der Waals surface area contributed by atoms with Crippen molar-refractivity contribution in [2.24, 2.45) is 0 Å². The van der Waals surface area contributed by atoms with Crippen LogP contribution in [0.3, 0.4) is 0 Å². The minimum Gasteiger partial charge on any atom is -0.354 e. The van der Waals surface area contributed by atoms with Gasteiger partial charge in [0.25, 0.3) is 0 Å². The molecular formula is C13H22N4. The van der Waals surface area contributed by atoms with Crippen molar-refractivity contribution < 1.29 is 0 Å². The third-order valence-electron chi connectivity index (χ3n) is 3.40. The lowest BCUT2D eigenvalue weighted by atomic mass is 10.0. The average molecular weight is 234 g/mol. The summed E-state index contributed by atoms with van der Waals surface area (Å²) in [6.45, 7) is 10.6. The molecule has 4 nitrogen and oxygen atoms in total. The van der Waals surface area contributed by atoms with Gasteiger partial charge >= 0.3 is 0 Å². The van der Waals surface area contributed by atoms with Gasteiger partial charge in [-0.15, -0.1) is 0 Å². The van der Waals surface area contributed by atoms with E-state index in [0.717, 1.165) is 44.2 Å². The molecular weight excluding hydrogens is 212 g/mol. The van der Waals surface area contributed by atoms with Crippen LogP contribution in [0, 0.1) is 6.92 Å². The normalized spacial score (nSPS) is 18.2. The van der Waals surface area contributed by atoms with Crippen LogP contribution in [-0.4, -0.2) is 36.1 Å². The van der Waals surface area contributed by atoms with Crippen LogP contribution in [0.1, 0.15) is 37.7 Å². The highest BCUT2D eigenvalue weighted by atomic mass is 15.2. The Hall–Kier alpha value is -1.16. The number of hydrogen-bond donors (Lipinski definition) is 1. The van der Waals surface area contributed by atoms with Crippen LogP contribution < -0.4 is 10.2 Å². The van der Waals surface area contributed by atoms with E-state index >= 15 is 0 Å². The molecule has 0 spiro atoms. The summed E-state index contributed by atoms with van der Waals surface area (Å²) in [5.41, 5.74) is 1.17. The van der Waals surface area contributed by atoms with Crippen LogP contribution in [-0.2, 0) is 0 Å². The molecule has 1 N–H and O–H groups in total. The van der Waals surface area contributed by atoms with Crippen LogP contribution in [0.4, 0.5) is 5.82 Å².